The van der Waals surface area contributed by atoms with Crippen molar-refractivity contribution in [1.82, 2.24) is 9.55 Å². The van der Waals surface area contributed by atoms with Gasteiger partial charge in [-0.3, -0.25) is 4.57 Å². The second kappa shape index (κ2) is 6.23. The van der Waals surface area contributed by atoms with E-state index in [2.05, 4.69) is 10.3 Å². The maximum Gasteiger partial charge on any atom is 0.416 e. The van der Waals surface area contributed by atoms with Crippen molar-refractivity contribution in [3.63, 3.8) is 0 Å². The van der Waals surface area contributed by atoms with Gasteiger partial charge in [-0.15, -0.1) is 0 Å². The van der Waals surface area contributed by atoms with Crippen LogP contribution in [0.1, 0.15) is 12.0 Å². The fraction of sp³-hybridized carbons (Fsp3) is 0.222. The van der Waals surface area contributed by atoms with Crippen molar-refractivity contribution < 1.29 is 17.6 Å². The average molecular weight is 398 g/mol. The summed E-state index contributed by atoms with van der Waals surface area (Å²) < 4.78 is 53.9. The highest BCUT2D eigenvalue weighted by atomic mass is 35.5. The number of aromatic nitrogens is 2. The Morgan fingerprint density at radius 2 is 1.89 bits per heavy atom. The van der Waals surface area contributed by atoms with Crippen molar-refractivity contribution in [2.75, 3.05) is 5.32 Å². The maximum atomic E-state index is 13.2. The zero-order valence-electron chi connectivity index (χ0n) is 13.6. The number of rotatable bonds is 3. The molecule has 0 unspecified atom stereocenters. The Kier molecular flexibility index (Phi) is 4.10. The van der Waals surface area contributed by atoms with E-state index < -0.39 is 29.6 Å². The Labute approximate surface area is 155 Å². The molecule has 1 fully saturated rings. The van der Waals surface area contributed by atoms with E-state index in [1.165, 1.54) is 18.2 Å². The number of alkyl halides is 4. The lowest BCUT2D eigenvalue weighted by Crippen LogP contribution is -2.25. The molecule has 2 aromatic carbocycles. The molecule has 1 aliphatic rings. The number of nitrogens with zero attached hydrogens (tertiary/aromatic N) is 2. The molecule has 9 heteroatoms. The van der Waals surface area contributed by atoms with Crippen LogP contribution in [0.25, 0.3) is 16.6 Å². The van der Waals surface area contributed by atoms with E-state index in [1.54, 1.807) is 12.1 Å². The fourth-order valence-corrected chi connectivity index (χ4v) is 3.09. The third-order valence-electron chi connectivity index (χ3n) is 4.35. The van der Waals surface area contributed by atoms with Crippen LogP contribution in [0.4, 0.5) is 23.4 Å². The smallest absolute Gasteiger partial charge is 0.364 e. The highest BCUT2D eigenvalue weighted by Crippen LogP contribution is 2.35. The number of halogens is 5. The van der Waals surface area contributed by atoms with Crippen LogP contribution >= 0.6 is 11.6 Å². The fourth-order valence-electron chi connectivity index (χ4n) is 2.87. The summed E-state index contributed by atoms with van der Waals surface area (Å²) in [6.45, 7) is 0. The minimum Gasteiger partial charge on any atom is -0.364 e. The van der Waals surface area contributed by atoms with Crippen LogP contribution in [-0.2, 0) is 6.18 Å². The minimum atomic E-state index is -4.59. The van der Waals surface area contributed by atoms with E-state index in [0.29, 0.717) is 0 Å². The second-order valence-corrected chi connectivity index (χ2v) is 6.67. The Balaban J connectivity index is 2.01. The van der Waals surface area contributed by atoms with Crippen LogP contribution < -0.4 is 11.0 Å². The Morgan fingerprint density at radius 3 is 2.52 bits per heavy atom. The third kappa shape index (κ3) is 3.25. The van der Waals surface area contributed by atoms with Gasteiger partial charge in [-0.05, 0) is 30.3 Å². The van der Waals surface area contributed by atoms with Gasteiger partial charge in [0.15, 0.2) is 0 Å². The summed E-state index contributed by atoms with van der Waals surface area (Å²) in [5.41, 5.74) is -1.53. The van der Waals surface area contributed by atoms with Crippen LogP contribution in [-0.4, -0.2) is 21.8 Å². The first kappa shape index (κ1) is 17.8. The number of benzene rings is 2. The van der Waals surface area contributed by atoms with Gasteiger partial charge in [0.05, 0.1) is 27.8 Å². The standard InChI is InChI=1S/C18H12ClF4N3O/c19-11-3-1-2-4-14(11)26-15-7-9(18(21,22)23)5-6-10(15)16(25-17(26)27)24-13-8-12(13)20/h1-7,12-13H,8H2,(H,24,25,27)/t12-,13-/m0/s1. The van der Waals surface area contributed by atoms with Crippen LogP contribution in [0.5, 0.6) is 0 Å². The Bertz CT molecular complexity index is 1100. The molecule has 140 valence electrons. The molecular formula is C18H12ClF4N3O. The van der Waals surface area contributed by atoms with Crippen molar-refractivity contribution in [3.8, 4) is 5.69 Å². The highest BCUT2D eigenvalue weighted by molar-refractivity contribution is 6.32. The van der Waals surface area contributed by atoms with Gasteiger partial charge in [0.2, 0.25) is 0 Å². The first-order valence-corrected chi connectivity index (χ1v) is 8.43. The van der Waals surface area contributed by atoms with Crippen molar-refractivity contribution >= 4 is 28.3 Å². The molecule has 3 aromatic rings. The molecule has 0 amide bonds. The van der Waals surface area contributed by atoms with Gasteiger partial charge in [-0.2, -0.15) is 18.2 Å². The largest absolute Gasteiger partial charge is 0.416 e. The molecule has 1 N–H and O–H groups in total. The van der Waals surface area contributed by atoms with E-state index in [-0.39, 0.29) is 33.9 Å². The van der Waals surface area contributed by atoms with Gasteiger partial charge in [0.1, 0.15) is 12.0 Å². The van der Waals surface area contributed by atoms with Crippen molar-refractivity contribution in [1.29, 1.82) is 0 Å². The minimum absolute atomic E-state index is 0.0171. The zero-order valence-corrected chi connectivity index (χ0v) is 14.4. The Hall–Kier alpha value is -2.61. The number of hydrogen-bond acceptors (Lipinski definition) is 3. The second-order valence-electron chi connectivity index (χ2n) is 6.26. The molecule has 0 saturated heterocycles. The lowest BCUT2D eigenvalue weighted by molar-refractivity contribution is -0.137. The summed E-state index contributed by atoms with van der Waals surface area (Å²) in [5, 5.41) is 3.24. The molecule has 1 aromatic heterocycles. The quantitative estimate of drug-likeness (QED) is 0.658. The number of para-hydroxylation sites is 1. The molecule has 1 heterocycles. The van der Waals surface area contributed by atoms with Gasteiger partial charge in [-0.1, -0.05) is 23.7 Å². The van der Waals surface area contributed by atoms with Gasteiger partial charge < -0.3 is 5.32 Å². The lowest BCUT2D eigenvalue weighted by Gasteiger charge is -2.16. The first-order valence-electron chi connectivity index (χ1n) is 8.05. The highest BCUT2D eigenvalue weighted by Gasteiger charge is 2.38. The molecule has 1 aliphatic carbocycles. The predicted octanol–water partition coefficient (Wildman–Crippen LogP) is 4.58. The maximum absolute atomic E-state index is 13.2. The van der Waals surface area contributed by atoms with Gasteiger partial charge >= 0.3 is 11.9 Å². The Morgan fingerprint density at radius 1 is 1.19 bits per heavy atom. The van der Waals surface area contributed by atoms with E-state index in [0.717, 1.165) is 16.7 Å². The molecule has 4 nitrogen and oxygen atoms in total. The molecule has 0 spiro atoms. The van der Waals surface area contributed by atoms with Crippen LogP contribution in [0, 0.1) is 0 Å². The van der Waals surface area contributed by atoms with Crippen LogP contribution in [0.3, 0.4) is 0 Å². The predicted molar refractivity (Wildman–Crippen MR) is 94.3 cm³/mol. The van der Waals surface area contributed by atoms with E-state index in [1.807, 2.05) is 0 Å². The van der Waals surface area contributed by atoms with Crippen molar-refractivity contribution in [3.05, 3.63) is 63.5 Å². The molecular weight excluding hydrogens is 386 g/mol. The molecule has 0 radical (unpaired) electrons. The number of fused-ring (bicyclic) bond motifs is 1. The summed E-state index contributed by atoms with van der Waals surface area (Å²) in [5.74, 6) is 0.0529. The van der Waals surface area contributed by atoms with Gasteiger partial charge in [-0.25, -0.2) is 9.18 Å². The van der Waals surface area contributed by atoms with E-state index in [4.69, 9.17) is 11.6 Å². The summed E-state index contributed by atoms with van der Waals surface area (Å²) >= 11 is 6.14. The van der Waals surface area contributed by atoms with Crippen LogP contribution in [0.2, 0.25) is 5.02 Å². The number of hydrogen-bond donors (Lipinski definition) is 1. The van der Waals surface area contributed by atoms with Gasteiger partial charge in [0.25, 0.3) is 0 Å². The van der Waals surface area contributed by atoms with Crippen molar-refractivity contribution in [2.24, 2.45) is 0 Å². The summed E-state index contributed by atoms with van der Waals surface area (Å²) in [4.78, 5) is 16.5. The van der Waals surface area contributed by atoms with Crippen LogP contribution in [0.15, 0.2) is 47.3 Å². The SMILES string of the molecule is O=c1nc(N[C@H]2C[C@@H]2F)c2ccc(C(F)(F)F)cc2n1-c1ccccc1Cl. The number of nitrogens with one attached hydrogen (secondary N) is 1. The normalized spacial score (nSPS) is 19.3. The summed E-state index contributed by atoms with van der Waals surface area (Å²) in [6, 6.07) is 8.76. The molecule has 27 heavy (non-hydrogen) atoms. The zero-order chi connectivity index (χ0) is 19.3. The topological polar surface area (TPSA) is 46.9 Å². The first-order chi connectivity index (χ1) is 12.8. The summed E-state index contributed by atoms with van der Waals surface area (Å²) in [6.07, 6.45) is -5.40. The van der Waals surface area contributed by atoms with E-state index in [9.17, 15) is 22.4 Å². The number of anilines is 1. The third-order valence-corrected chi connectivity index (χ3v) is 4.67. The molecule has 0 aliphatic heterocycles. The summed E-state index contributed by atoms with van der Waals surface area (Å²) in [7, 11) is 0. The lowest BCUT2D eigenvalue weighted by atomic mass is 10.1. The van der Waals surface area contributed by atoms with Gasteiger partial charge in [0, 0.05) is 11.8 Å². The van der Waals surface area contributed by atoms with E-state index >= 15 is 0 Å². The molecule has 1 saturated carbocycles. The molecule has 2 atom stereocenters. The monoisotopic (exact) mass is 397 g/mol. The molecule has 0 bridgehead atoms. The van der Waals surface area contributed by atoms with Crippen molar-refractivity contribution in [2.45, 2.75) is 24.8 Å². The molecule has 4 rings (SSSR count). The average Bonchev–Trinajstić information content (AvgIpc) is 3.30.